The zero-order valence-electron chi connectivity index (χ0n) is 25.0. The van der Waals surface area contributed by atoms with Gasteiger partial charge in [0.25, 0.3) is 5.91 Å². The van der Waals surface area contributed by atoms with Gasteiger partial charge in [0.15, 0.2) is 0 Å². The van der Waals surface area contributed by atoms with Gasteiger partial charge in [-0.2, -0.15) is 5.10 Å². The number of carbonyl (C=O) groups excluding carboxylic acids is 2. The summed E-state index contributed by atoms with van der Waals surface area (Å²) < 4.78 is 1.84. The molecule has 2 N–H and O–H groups in total. The maximum Gasteiger partial charge on any atom is 0.253 e. The number of aromatic nitrogens is 4. The highest BCUT2D eigenvalue weighted by molar-refractivity contribution is 6.30. The highest BCUT2D eigenvalue weighted by Crippen LogP contribution is 2.35. The first-order chi connectivity index (χ1) is 21.8. The minimum absolute atomic E-state index is 0.00646. The highest BCUT2D eigenvalue weighted by atomic mass is 35.5. The molecule has 0 spiro atoms. The first-order valence-corrected chi connectivity index (χ1v) is 15.1. The van der Waals surface area contributed by atoms with Crippen LogP contribution in [0.2, 0.25) is 5.02 Å². The van der Waals surface area contributed by atoms with Crippen molar-refractivity contribution in [3.8, 4) is 22.5 Å². The molecule has 45 heavy (non-hydrogen) atoms. The maximum atomic E-state index is 13.3. The normalized spacial score (nSPS) is 14.8. The van der Waals surface area contributed by atoms with Gasteiger partial charge in [-0.3, -0.25) is 9.59 Å². The molecular weight excluding hydrogens is 588 g/mol. The minimum atomic E-state index is -0.210. The molecule has 11 heteroatoms. The van der Waals surface area contributed by atoms with Crippen LogP contribution in [0.5, 0.6) is 0 Å². The Bertz CT molecular complexity index is 1870. The summed E-state index contributed by atoms with van der Waals surface area (Å²) in [5.41, 5.74) is 5.40. The SMILES string of the molecule is CN(C)C/C=C/C(=O)Nc1ccc(C(=O)N2CC[C@H](Nc3nccc(-c4c(-c5cccc(Cl)c5)nn5ccccc45)n3)C2)cc1. The van der Waals surface area contributed by atoms with Gasteiger partial charge in [0.05, 0.1) is 16.8 Å². The van der Waals surface area contributed by atoms with Gasteiger partial charge < -0.3 is 20.4 Å². The second kappa shape index (κ2) is 13.3. The Kier molecular flexibility index (Phi) is 8.86. The number of rotatable bonds is 9. The fraction of sp³-hybridized carbons (Fsp3) is 0.206. The van der Waals surface area contributed by atoms with E-state index in [-0.39, 0.29) is 17.9 Å². The van der Waals surface area contributed by atoms with Crippen molar-refractivity contribution in [1.29, 1.82) is 0 Å². The maximum absolute atomic E-state index is 13.3. The molecule has 10 nitrogen and oxygen atoms in total. The van der Waals surface area contributed by atoms with Gasteiger partial charge in [-0.05, 0) is 75.1 Å². The molecule has 5 aromatic rings. The number of nitrogens with one attached hydrogen (secondary N) is 2. The molecule has 0 aliphatic carbocycles. The molecule has 0 radical (unpaired) electrons. The largest absolute Gasteiger partial charge is 0.350 e. The summed E-state index contributed by atoms with van der Waals surface area (Å²) in [6, 6.07) is 22.4. The Labute approximate surface area is 266 Å². The number of hydrogen-bond donors (Lipinski definition) is 2. The second-order valence-corrected chi connectivity index (χ2v) is 11.6. The molecule has 1 atom stereocenters. The zero-order chi connectivity index (χ0) is 31.3. The van der Waals surface area contributed by atoms with Gasteiger partial charge in [-0.15, -0.1) is 0 Å². The lowest BCUT2D eigenvalue weighted by Gasteiger charge is -2.17. The number of likely N-dealkylation sites (tertiary alicyclic amines) is 1. The molecule has 1 aliphatic heterocycles. The van der Waals surface area contributed by atoms with Gasteiger partial charge in [0, 0.05) is 66.0 Å². The lowest BCUT2D eigenvalue weighted by Crippen LogP contribution is -2.31. The predicted molar refractivity (Wildman–Crippen MR) is 177 cm³/mol. The van der Waals surface area contributed by atoms with E-state index in [1.165, 1.54) is 6.08 Å². The number of benzene rings is 2. The number of pyridine rings is 1. The molecular formula is C34H33ClN8O2. The third-order valence-corrected chi connectivity index (χ3v) is 7.73. The molecule has 1 aliphatic rings. The molecule has 228 valence electrons. The van der Waals surface area contributed by atoms with E-state index < -0.39 is 0 Å². The third kappa shape index (κ3) is 7.03. The van der Waals surface area contributed by atoms with E-state index in [4.69, 9.17) is 21.7 Å². The number of nitrogens with zero attached hydrogens (tertiary/aromatic N) is 6. The van der Waals surface area contributed by atoms with Gasteiger partial charge in [-0.1, -0.05) is 35.9 Å². The van der Waals surface area contributed by atoms with Crippen molar-refractivity contribution < 1.29 is 9.59 Å². The van der Waals surface area contributed by atoms with Crippen LogP contribution in [0, 0.1) is 0 Å². The van der Waals surface area contributed by atoms with Crippen molar-refractivity contribution in [1.82, 2.24) is 29.4 Å². The smallest absolute Gasteiger partial charge is 0.253 e. The van der Waals surface area contributed by atoms with Crippen molar-refractivity contribution in [3.63, 3.8) is 0 Å². The molecule has 0 bridgehead atoms. The summed E-state index contributed by atoms with van der Waals surface area (Å²) >= 11 is 6.32. The van der Waals surface area contributed by atoms with Crippen LogP contribution < -0.4 is 10.6 Å². The van der Waals surface area contributed by atoms with Crippen LogP contribution in [0.15, 0.2) is 97.3 Å². The average Bonchev–Trinajstić information content (AvgIpc) is 3.66. The summed E-state index contributed by atoms with van der Waals surface area (Å²) in [7, 11) is 3.87. The number of fused-ring (bicyclic) bond motifs is 1. The first kappa shape index (κ1) is 30.0. The zero-order valence-corrected chi connectivity index (χ0v) is 25.8. The Morgan fingerprint density at radius 2 is 1.91 bits per heavy atom. The van der Waals surface area contributed by atoms with Crippen LogP contribution in [0.25, 0.3) is 28.0 Å². The minimum Gasteiger partial charge on any atom is -0.350 e. The van der Waals surface area contributed by atoms with Crippen molar-refractivity contribution in [2.75, 3.05) is 44.4 Å². The topological polar surface area (TPSA) is 108 Å². The molecule has 6 rings (SSSR count). The summed E-state index contributed by atoms with van der Waals surface area (Å²) in [5, 5.41) is 11.7. The average molecular weight is 621 g/mol. The number of carbonyl (C=O) groups is 2. The van der Waals surface area contributed by atoms with Gasteiger partial charge in [0.2, 0.25) is 11.9 Å². The highest BCUT2D eigenvalue weighted by Gasteiger charge is 2.28. The van der Waals surface area contributed by atoms with Crippen LogP contribution in [0.4, 0.5) is 11.6 Å². The fourth-order valence-electron chi connectivity index (χ4n) is 5.33. The molecule has 0 saturated carbocycles. The first-order valence-electron chi connectivity index (χ1n) is 14.7. The van der Waals surface area contributed by atoms with E-state index in [0.29, 0.717) is 41.9 Å². The number of anilines is 2. The lowest BCUT2D eigenvalue weighted by molar-refractivity contribution is -0.111. The Balaban J connectivity index is 1.13. The summed E-state index contributed by atoms with van der Waals surface area (Å²) in [5.74, 6) is 0.215. The third-order valence-electron chi connectivity index (χ3n) is 7.50. The van der Waals surface area contributed by atoms with E-state index in [1.807, 2.05) is 83.1 Å². The Hall–Kier alpha value is -5.06. The fourth-order valence-corrected chi connectivity index (χ4v) is 5.53. The quantitative estimate of drug-likeness (QED) is 0.210. The van der Waals surface area contributed by atoms with E-state index in [9.17, 15) is 9.59 Å². The Morgan fingerprint density at radius 1 is 1.07 bits per heavy atom. The summed E-state index contributed by atoms with van der Waals surface area (Å²) in [6.45, 7) is 1.81. The van der Waals surface area contributed by atoms with Crippen molar-refractivity contribution in [3.05, 3.63) is 108 Å². The molecule has 2 amide bonds. The van der Waals surface area contributed by atoms with E-state index in [2.05, 4.69) is 15.6 Å². The van der Waals surface area contributed by atoms with E-state index >= 15 is 0 Å². The summed E-state index contributed by atoms with van der Waals surface area (Å²) in [4.78, 5) is 38.5. The number of likely N-dealkylation sites (N-methyl/N-ethyl adjacent to an activating group) is 1. The molecule has 1 fully saturated rings. The number of hydrogen-bond acceptors (Lipinski definition) is 7. The van der Waals surface area contributed by atoms with Gasteiger partial charge >= 0.3 is 0 Å². The second-order valence-electron chi connectivity index (χ2n) is 11.1. The Morgan fingerprint density at radius 3 is 2.71 bits per heavy atom. The van der Waals surface area contributed by atoms with Crippen LogP contribution in [-0.2, 0) is 4.79 Å². The van der Waals surface area contributed by atoms with E-state index in [1.54, 1.807) is 36.5 Å². The monoisotopic (exact) mass is 620 g/mol. The molecule has 0 unspecified atom stereocenters. The lowest BCUT2D eigenvalue weighted by atomic mass is 10.0. The standard InChI is InChI=1S/C34H33ClN8O2/c1-41(2)18-6-10-30(44)37-26-13-11-23(12-14-26)33(45)42-20-16-27(22-42)38-34-36-17-15-28(39-34)31-29-9-3-4-19-43(29)40-32(31)24-7-5-8-25(35)21-24/h3-15,17,19,21,27H,16,18,20,22H2,1-2H3,(H,37,44)(H,36,38,39)/b10-6+/t27-/m0/s1. The molecule has 1 saturated heterocycles. The van der Waals surface area contributed by atoms with Crippen LogP contribution in [0.1, 0.15) is 16.8 Å². The van der Waals surface area contributed by atoms with Crippen LogP contribution in [-0.4, -0.2) is 81.0 Å². The summed E-state index contributed by atoms with van der Waals surface area (Å²) in [6.07, 6.45) is 7.70. The van der Waals surface area contributed by atoms with E-state index in [0.717, 1.165) is 34.5 Å². The van der Waals surface area contributed by atoms with Gasteiger partial charge in [0.1, 0.15) is 5.69 Å². The van der Waals surface area contributed by atoms with Crippen molar-refractivity contribution >= 4 is 40.6 Å². The molecule has 4 heterocycles. The van der Waals surface area contributed by atoms with Crippen molar-refractivity contribution in [2.45, 2.75) is 12.5 Å². The van der Waals surface area contributed by atoms with Crippen molar-refractivity contribution in [2.24, 2.45) is 0 Å². The predicted octanol–water partition coefficient (Wildman–Crippen LogP) is 5.49. The number of amides is 2. The van der Waals surface area contributed by atoms with Gasteiger partial charge in [-0.25, -0.2) is 14.5 Å². The molecule has 3 aromatic heterocycles. The number of halogens is 1. The van der Waals surface area contributed by atoms with Crippen LogP contribution in [0.3, 0.4) is 0 Å². The molecule has 2 aromatic carbocycles. The van der Waals surface area contributed by atoms with Crippen LogP contribution >= 0.6 is 11.6 Å².